The van der Waals surface area contributed by atoms with Crippen LogP contribution in [0.4, 0.5) is 18.9 Å². The zero-order chi connectivity index (χ0) is 24.8. The number of rotatable bonds is 4. The van der Waals surface area contributed by atoms with Crippen LogP contribution in [0, 0.1) is 0 Å². The molecule has 1 saturated heterocycles. The third kappa shape index (κ3) is 4.23. The maximum atomic E-state index is 13.4. The zero-order valence-corrected chi connectivity index (χ0v) is 19.5. The largest absolute Gasteiger partial charge is 0.471 e. The normalized spacial score (nSPS) is 15.1. The number of halogens is 5. The van der Waals surface area contributed by atoms with Gasteiger partial charge in [-0.3, -0.25) is 9.59 Å². The van der Waals surface area contributed by atoms with Gasteiger partial charge in [0.1, 0.15) is 4.90 Å². The minimum atomic E-state index is -4.97. The summed E-state index contributed by atoms with van der Waals surface area (Å²) in [5.41, 5.74) is 0.529. The fraction of sp³-hybridized carbons (Fsp3) is 0.238. The molecule has 0 bridgehead atoms. The topological polar surface area (TPSA) is 79.7 Å². The quantitative estimate of drug-likeness (QED) is 0.469. The van der Waals surface area contributed by atoms with Crippen LogP contribution in [0.2, 0.25) is 10.0 Å². The molecule has 2 heterocycles. The van der Waals surface area contributed by atoms with Crippen molar-refractivity contribution in [2.45, 2.75) is 11.1 Å². The van der Waals surface area contributed by atoms with Crippen molar-refractivity contribution in [3.8, 4) is 0 Å². The van der Waals surface area contributed by atoms with Crippen molar-refractivity contribution in [2.75, 3.05) is 31.1 Å². The molecular weight excluding hydrogens is 518 g/mol. The van der Waals surface area contributed by atoms with Crippen molar-refractivity contribution in [3.05, 3.63) is 58.2 Å². The highest BCUT2D eigenvalue weighted by molar-refractivity contribution is 7.90. The van der Waals surface area contributed by atoms with E-state index in [9.17, 15) is 31.2 Å². The number of fused-ring (bicyclic) bond motifs is 1. The molecule has 3 aromatic rings. The molecule has 180 valence electrons. The average Bonchev–Trinajstić information content (AvgIpc) is 3.17. The van der Waals surface area contributed by atoms with Gasteiger partial charge in [-0.15, -0.1) is 0 Å². The second-order valence-corrected chi connectivity index (χ2v) is 10.2. The number of piperazine rings is 1. The Hall–Kier alpha value is -2.76. The molecule has 7 nitrogen and oxygen atoms in total. The monoisotopic (exact) mass is 533 g/mol. The van der Waals surface area contributed by atoms with E-state index in [1.54, 1.807) is 11.0 Å². The van der Waals surface area contributed by atoms with Crippen molar-refractivity contribution in [3.63, 3.8) is 0 Å². The van der Waals surface area contributed by atoms with Gasteiger partial charge >= 0.3 is 12.1 Å². The highest BCUT2D eigenvalue weighted by atomic mass is 35.5. The molecule has 1 aliphatic rings. The predicted octanol–water partition coefficient (Wildman–Crippen LogP) is 4.21. The van der Waals surface area contributed by atoms with Crippen molar-refractivity contribution in [2.24, 2.45) is 0 Å². The fourth-order valence-electron chi connectivity index (χ4n) is 3.94. The number of amides is 1. The number of hydrogen-bond acceptors (Lipinski definition) is 5. The van der Waals surface area contributed by atoms with Gasteiger partial charge in [-0.1, -0.05) is 35.3 Å². The lowest BCUT2D eigenvalue weighted by Crippen LogP contribution is -2.52. The van der Waals surface area contributed by atoms with Crippen LogP contribution in [0.25, 0.3) is 10.9 Å². The van der Waals surface area contributed by atoms with Crippen LogP contribution >= 0.6 is 23.2 Å². The molecule has 1 fully saturated rings. The number of carbonyl (C=O) groups excluding carboxylic acids is 2. The van der Waals surface area contributed by atoms with Crippen LogP contribution in [0.1, 0.15) is 10.4 Å². The second-order valence-electron chi connectivity index (χ2n) is 7.53. The maximum absolute atomic E-state index is 13.4. The van der Waals surface area contributed by atoms with Crippen LogP contribution < -0.4 is 4.90 Å². The Morgan fingerprint density at radius 1 is 1.03 bits per heavy atom. The average molecular weight is 534 g/mol. The molecule has 0 N–H and O–H groups in total. The molecule has 1 amide bonds. The Balaban J connectivity index is 1.80. The molecule has 0 spiro atoms. The summed E-state index contributed by atoms with van der Waals surface area (Å²) in [4.78, 5) is 25.6. The third-order valence-corrected chi connectivity index (χ3v) is 7.89. The number of nitrogens with zero attached hydrogens (tertiary/aromatic N) is 3. The second kappa shape index (κ2) is 8.79. The minimum absolute atomic E-state index is 0.00953. The minimum Gasteiger partial charge on any atom is -0.367 e. The number of benzene rings is 2. The van der Waals surface area contributed by atoms with E-state index in [1.807, 2.05) is 0 Å². The van der Waals surface area contributed by atoms with Crippen LogP contribution in [0.5, 0.6) is 0 Å². The molecule has 13 heteroatoms. The number of hydrogen-bond donors (Lipinski definition) is 0. The highest BCUT2D eigenvalue weighted by Gasteiger charge is 2.43. The smallest absolute Gasteiger partial charge is 0.367 e. The van der Waals surface area contributed by atoms with Crippen LogP contribution in [-0.2, 0) is 14.8 Å². The zero-order valence-electron chi connectivity index (χ0n) is 17.2. The lowest BCUT2D eigenvalue weighted by Gasteiger charge is -2.36. The molecule has 34 heavy (non-hydrogen) atoms. The van der Waals surface area contributed by atoms with Crippen LogP contribution in [0.3, 0.4) is 0 Å². The number of alkyl halides is 3. The van der Waals surface area contributed by atoms with Crippen LogP contribution in [-0.4, -0.2) is 61.8 Å². The summed E-state index contributed by atoms with van der Waals surface area (Å²) >= 11 is 12.4. The molecule has 1 aliphatic heterocycles. The Kier molecular flexibility index (Phi) is 6.30. The summed E-state index contributed by atoms with van der Waals surface area (Å²) in [5, 5.41) is 0.415. The molecule has 0 atom stereocenters. The lowest BCUT2D eigenvalue weighted by molar-refractivity contribution is -0.185. The fourth-order valence-corrected chi connectivity index (χ4v) is 6.00. The van der Waals surface area contributed by atoms with Crippen LogP contribution in [0.15, 0.2) is 47.5 Å². The third-order valence-electron chi connectivity index (χ3n) is 5.49. The van der Waals surface area contributed by atoms with E-state index in [-0.39, 0.29) is 57.6 Å². The van der Waals surface area contributed by atoms with E-state index < -0.39 is 22.1 Å². The van der Waals surface area contributed by atoms with Gasteiger partial charge in [0.2, 0.25) is 0 Å². The summed E-state index contributed by atoms with van der Waals surface area (Å²) in [7, 11) is -4.22. The van der Waals surface area contributed by atoms with Crippen molar-refractivity contribution < 1.29 is 31.2 Å². The van der Waals surface area contributed by atoms with Gasteiger partial charge in [0.25, 0.3) is 10.0 Å². The van der Waals surface area contributed by atoms with Gasteiger partial charge in [0.05, 0.1) is 10.5 Å². The van der Waals surface area contributed by atoms with Gasteiger partial charge in [0.15, 0.2) is 6.29 Å². The summed E-state index contributed by atoms with van der Waals surface area (Å²) in [6.45, 7) is -0.362. The summed E-state index contributed by atoms with van der Waals surface area (Å²) in [6.07, 6.45) is -3.33. The first kappa shape index (κ1) is 24.4. The van der Waals surface area contributed by atoms with Gasteiger partial charge < -0.3 is 9.80 Å². The Morgan fingerprint density at radius 2 is 1.68 bits per heavy atom. The van der Waals surface area contributed by atoms with E-state index in [0.29, 0.717) is 16.9 Å². The molecule has 1 aromatic heterocycles. The Bertz CT molecular complexity index is 1400. The van der Waals surface area contributed by atoms with Gasteiger partial charge in [-0.05, 0) is 24.3 Å². The van der Waals surface area contributed by atoms with Crippen molar-refractivity contribution in [1.82, 2.24) is 8.87 Å². The summed E-state index contributed by atoms with van der Waals surface area (Å²) in [5.74, 6) is -1.92. The predicted molar refractivity (Wildman–Crippen MR) is 121 cm³/mol. The van der Waals surface area contributed by atoms with E-state index in [0.717, 1.165) is 10.2 Å². The highest BCUT2D eigenvalue weighted by Crippen LogP contribution is 2.37. The van der Waals surface area contributed by atoms with E-state index >= 15 is 0 Å². The molecule has 2 aromatic carbocycles. The molecule has 0 aliphatic carbocycles. The molecular formula is C21H16Cl2F3N3O4S. The summed E-state index contributed by atoms with van der Waals surface area (Å²) in [6, 6.07) is 8.71. The van der Waals surface area contributed by atoms with E-state index in [4.69, 9.17) is 23.2 Å². The maximum Gasteiger partial charge on any atom is 0.471 e. The first-order valence-corrected chi connectivity index (χ1v) is 12.1. The van der Waals surface area contributed by atoms with Gasteiger partial charge in [-0.2, -0.15) is 13.2 Å². The van der Waals surface area contributed by atoms with Crippen molar-refractivity contribution >= 4 is 62.0 Å². The van der Waals surface area contributed by atoms with E-state index in [2.05, 4.69) is 0 Å². The van der Waals surface area contributed by atoms with Gasteiger partial charge in [-0.25, -0.2) is 12.4 Å². The molecule has 4 rings (SSSR count). The number of carbonyl (C=O) groups is 2. The Labute approximate surface area is 202 Å². The van der Waals surface area contributed by atoms with Crippen molar-refractivity contribution in [1.29, 1.82) is 0 Å². The Morgan fingerprint density at radius 3 is 2.26 bits per heavy atom. The number of aldehydes is 1. The first-order chi connectivity index (χ1) is 15.9. The number of aromatic nitrogens is 1. The lowest BCUT2D eigenvalue weighted by atomic mass is 10.1. The standard InChI is InChI=1S/C21H16Cl2F3N3O4S/c22-14-9-16(27-5-7-28(8-6-27)20(31)21(24,25)26)19-13(12-30)11-29(17(19)10-14)34(32,33)18-4-2-1-3-15(18)23/h1-4,9-12H,5-8H2. The summed E-state index contributed by atoms with van der Waals surface area (Å²) < 4.78 is 65.9. The molecule has 0 saturated carbocycles. The first-order valence-electron chi connectivity index (χ1n) is 9.86. The number of anilines is 1. The SMILES string of the molecule is O=Cc1cn(S(=O)(=O)c2ccccc2Cl)c2cc(Cl)cc(N3CCN(C(=O)C(F)(F)F)CC3)c12. The molecule has 0 radical (unpaired) electrons. The van der Waals surface area contributed by atoms with E-state index in [1.165, 1.54) is 30.3 Å². The van der Waals surface area contributed by atoms with Gasteiger partial charge in [0, 0.05) is 54.0 Å². The molecule has 0 unspecified atom stereocenters.